The van der Waals surface area contributed by atoms with Crippen molar-refractivity contribution in [3.8, 4) is 0 Å². The Morgan fingerprint density at radius 3 is 2.72 bits per heavy atom. The minimum absolute atomic E-state index is 0.00951. The molecule has 1 atom stereocenters. The maximum absolute atomic E-state index is 13.2. The lowest BCUT2D eigenvalue weighted by Gasteiger charge is -2.24. The van der Waals surface area contributed by atoms with Crippen molar-refractivity contribution in [3.63, 3.8) is 0 Å². The fourth-order valence-corrected chi connectivity index (χ4v) is 4.07. The average Bonchev–Trinajstić information content (AvgIpc) is 3.13. The SMILES string of the molecule is NC(=O)CN1C(=O)[C@]2(CCN(Cc3ccncc3)C2)c2ccccc21. The van der Waals surface area contributed by atoms with Gasteiger partial charge in [0.05, 0.1) is 5.41 Å². The Morgan fingerprint density at radius 1 is 1.20 bits per heavy atom. The summed E-state index contributed by atoms with van der Waals surface area (Å²) in [6.45, 7) is 2.21. The molecule has 1 saturated heterocycles. The molecular weight excluding hydrogens is 316 g/mol. The van der Waals surface area contributed by atoms with Crippen molar-refractivity contribution >= 4 is 17.5 Å². The van der Waals surface area contributed by atoms with Crippen LogP contribution in [0.1, 0.15) is 17.5 Å². The number of primary amides is 1. The fourth-order valence-electron chi connectivity index (χ4n) is 4.07. The summed E-state index contributed by atoms with van der Waals surface area (Å²) in [5.74, 6) is -0.503. The molecule has 0 saturated carbocycles. The van der Waals surface area contributed by atoms with E-state index in [1.54, 1.807) is 17.3 Å². The van der Waals surface area contributed by atoms with Crippen LogP contribution in [0.5, 0.6) is 0 Å². The minimum atomic E-state index is -0.570. The number of nitrogens with zero attached hydrogens (tertiary/aromatic N) is 3. The lowest BCUT2D eigenvalue weighted by atomic mass is 9.81. The first kappa shape index (κ1) is 15.8. The van der Waals surface area contributed by atoms with Gasteiger partial charge in [0.1, 0.15) is 6.54 Å². The smallest absolute Gasteiger partial charge is 0.239 e. The van der Waals surface area contributed by atoms with Gasteiger partial charge in [0, 0.05) is 31.2 Å². The Morgan fingerprint density at radius 2 is 1.96 bits per heavy atom. The van der Waals surface area contributed by atoms with E-state index in [9.17, 15) is 9.59 Å². The Labute approximate surface area is 146 Å². The summed E-state index contributed by atoms with van der Waals surface area (Å²) in [7, 11) is 0. The lowest BCUT2D eigenvalue weighted by molar-refractivity contribution is -0.125. The number of aromatic nitrogens is 1. The normalized spacial score (nSPS) is 22.6. The monoisotopic (exact) mass is 336 g/mol. The van der Waals surface area contributed by atoms with Gasteiger partial charge in [-0.2, -0.15) is 0 Å². The third kappa shape index (κ3) is 2.59. The molecule has 6 nitrogen and oxygen atoms in total. The molecule has 4 rings (SSSR count). The van der Waals surface area contributed by atoms with Gasteiger partial charge in [-0.05, 0) is 42.3 Å². The van der Waals surface area contributed by atoms with Crippen LogP contribution in [0.25, 0.3) is 0 Å². The molecule has 1 spiro atoms. The van der Waals surface area contributed by atoms with Crippen LogP contribution in [-0.2, 0) is 21.5 Å². The number of carbonyl (C=O) groups excluding carboxylic acids is 2. The summed E-state index contributed by atoms with van der Waals surface area (Å²) < 4.78 is 0. The number of hydrogen-bond acceptors (Lipinski definition) is 4. The van der Waals surface area contributed by atoms with Gasteiger partial charge in [-0.3, -0.25) is 19.5 Å². The first-order chi connectivity index (χ1) is 12.1. The predicted octanol–water partition coefficient (Wildman–Crippen LogP) is 1.06. The van der Waals surface area contributed by atoms with Crippen molar-refractivity contribution in [2.24, 2.45) is 5.73 Å². The molecule has 25 heavy (non-hydrogen) atoms. The summed E-state index contributed by atoms with van der Waals surface area (Å²) in [5.41, 5.74) is 7.80. The van der Waals surface area contributed by atoms with E-state index in [0.29, 0.717) is 6.54 Å². The number of benzene rings is 1. The molecule has 2 N–H and O–H groups in total. The summed E-state index contributed by atoms with van der Waals surface area (Å²) in [5, 5.41) is 0. The molecule has 0 bridgehead atoms. The summed E-state index contributed by atoms with van der Waals surface area (Å²) in [4.78, 5) is 32.5. The Bertz CT molecular complexity index is 823. The zero-order valence-corrected chi connectivity index (χ0v) is 13.9. The molecule has 2 aliphatic rings. The third-order valence-corrected chi connectivity index (χ3v) is 5.18. The van der Waals surface area contributed by atoms with Crippen molar-refractivity contribution in [1.29, 1.82) is 0 Å². The van der Waals surface area contributed by atoms with Crippen LogP contribution in [-0.4, -0.2) is 41.3 Å². The highest BCUT2D eigenvalue weighted by atomic mass is 16.2. The van der Waals surface area contributed by atoms with Crippen LogP contribution < -0.4 is 10.6 Å². The van der Waals surface area contributed by atoms with Gasteiger partial charge in [0.2, 0.25) is 11.8 Å². The molecule has 1 aromatic carbocycles. The number of amides is 2. The van der Waals surface area contributed by atoms with Gasteiger partial charge >= 0.3 is 0 Å². The molecule has 0 aliphatic carbocycles. The van der Waals surface area contributed by atoms with E-state index < -0.39 is 11.3 Å². The van der Waals surface area contributed by atoms with Crippen LogP contribution in [0, 0.1) is 0 Å². The molecule has 0 radical (unpaired) electrons. The lowest BCUT2D eigenvalue weighted by Crippen LogP contribution is -2.45. The molecule has 2 aromatic rings. The van der Waals surface area contributed by atoms with E-state index in [1.807, 2.05) is 36.4 Å². The van der Waals surface area contributed by atoms with E-state index in [0.717, 1.165) is 30.8 Å². The molecule has 128 valence electrons. The molecule has 6 heteroatoms. The first-order valence-corrected chi connectivity index (χ1v) is 8.41. The van der Waals surface area contributed by atoms with Gasteiger partial charge in [-0.1, -0.05) is 18.2 Å². The second kappa shape index (κ2) is 5.97. The van der Waals surface area contributed by atoms with Crippen molar-refractivity contribution in [1.82, 2.24) is 9.88 Å². The van der Waals surface area contributed by atoms with Crippen molar-refractivity contribution in [2.45, 2.75) is 18.4 Å². The van der Waals surface area contributed by atoms with Crippen LogP contribution in [0.3, 0.4) is 0 Å². The number of para-hydroxylation sites is 1. The van der Waals surface area contributed by atoms with E-state index >= 15 is 0 Å². The minimum Gasteiger partial charge on any atom is -0.368 e. The summed E-state index contributed by atoms with van der Waals surface area (Å²) in [6, 6.07) is 11.7. The van der Waals surface area contributed by atoms with E-state index in [2.05, 4.69) is 9.88 Å². The molecule has 3 heterocycles. The molecule has 0 unspecified atom stereocenters. The van der Waals surface area contributed by atoms with Crippen LogP contribution in [0.15, 0.2) is 48.8 Å². The zero-order valence-electron chi connectivity index (χ0n) is 13.9. The van der Waals surface area contributed by atoms with Gasteiger partial charge < -0.3 is 10.6 Å². The number of likely N-dealkylation sites (tertiary alicyclic amines) is 1. The number of pyridine rings is 1. The standard InChI is InChI=1S/C19H20N4O2/c20-17(24)12-23-16-4-2-1-3-15(16)19(18(23)25)7-10-22(13-19)11-14-5-8-21-9-6-14/h1-6,8-9H,7,10-13H2,(H2,20,24)/t19-/m0/s1. The maximum Gasteiger partial charge on any atom is 0.239 e. The van der Waals surface area contributed by atoms with Crippen LogP contribution >= 0.6 is 0 Å². The fraction of sp³-hybridized carbons (Fsp3) is 0.316. The maximum atomic E-state index is 13.2. The summed E-state index contributed by atoms with van der Waals surface area (Å²) >= 11 is 0. The first-order valence-electron chi connectivity index (χ1n) is 8.41. The van der Waals surface area contributed by atoms with Crippen LogP contribution in [0.4, 0.5) is 5.69 Å². The van der Waals surface area contributed by atoms with Crippen molar-refractivity contribution < 1.29 is 9.59 Å². The topological polar surface area (TPSA) is 79.5 Å². The number of rotatable bonds is 4. The molecule has 1 aromatic heterocycles. The van der Waals surface area contributed by atoms with Crippen molar-refractivity contribution in [2.75, 3.05) is 24.5 Å². The second-order valence-corrected chi connectivity index (χ2v) is 6.77. The van der Waals surface area contributed by atoms with Crippen molar-refractivity contribution in [3.05, 3.63) is 59.9 Å². The highest BCUT2D eigenvalue weighted by Crippen LogP contribution is 2.47. The average molecular weight is 336 g/mol. The van der Waals surface area contributed by atoms with E-state index in [4.69, 9.17) is 5.73 Å². The molecule has 2 aliphatic heterocycles. The second-order valence-electron chi connectivity index (χ2n) is 6.77. The largest absolute Gasteiger partial charge is 0.368 e. The molecule has 2 amide bonds. The van der Waals surface area contributed by atoms with Gasteiger partial charge in [-0.25, -0.2) is 0 Å². The Hall–Kier alpha value is -2.73. The van der Waals surface area contributed by atoms with Gasteiger partial charge in [0.15, 0.2) is 0 Å². The van der Waals surface area contributed by atoms with Gasteiger partial charge in [-0.15, -0.1) is 0 Å². The van der Waals surface area contributed by atoms with Gasteiger partial charge in [0.25, 0.3) is 0 Å². The van der Waals surface area contributed by atoms with Crippen LogP contribution in [0.2, 0.25) is 0 Å². The Kier molecular flexibility index (Phi) is 3.77. The number of nitrogens with two attached hydrogens (primary N) is 1. The van der Waals surface area contributed by atoms with E-state index in [-0.39, 0.29) is 12.5 Å². The quantitative estimate of drug-likeness (QED) is 0.905. The number of hydrogen-bond donors (Lipinski definition) is 1. The molecule has 1 fully saturated rings. The highest BCUT2D eigenvalue weighted by molar-refractivity contribution is 6.11. The number of anilines is 1. The zero-order chi connectivity index (χ0) is 17.4. The van der Waals surface area contributed by atoms with E-state index in [1.165, 1.54) is 5.56 Å². The highest BCUT2D eigenvalue weighted by Gasteiger charge is 2.54. The third-order valence-electron chi connectivity index (χ3n) is 5.18. The summed E-state index contributed by atoms with van der Waals surface area (Å²) in [6.07, 6.45) is 4.32. The Balaban J connectivity index is 1.63. The number of carbonyl (C=O) groups is 2. The number of fused-ring (bicyclic) bond motifs is 2. The molecular formula is C19H20N4O2. The predicted molar refractivity (Wildman–Crippen MR) is 93.8 cm³/mol.